The van der Waals surface area contributed by atoms with Gasteiger partial charge in [0, 0.05) is 6.42 Å². The zero-order valence-corrected chi connectivity index (χ0v) is 21.8. The van der Waals surface area contributed by atoms with E-state index in [9.17, 15) is 9.90 Å². The number of carbonyl (C=O) groups excluding carboxylic acids is 1. The van der Waals surface area contributed by atoms with E-state index in [1.54, 1.807) is 6.92 Å². The first-order valence-corrected chi connectivity index (χ1v) is 13.9. The van der Waals surface area contributed by atoms with Gasteiger partial charge in [-0.3, -0.25) is 0 Å². The Labute approximate surface area is 198 Å². The van der Waals surface area contributed by atoms with Crippen LogP contribution in [0.3, 0.4) is 0 Å². The maximum absolute atomic E-state index is 12.2. The van der Waals surface area contributed by atoms with Gasteiger partial charge in [-0.05, 0) is 104 Å². The third-order valence-electron chi connectivity index (χ3n) is 11.1. The van der Waals surface area contributed by atoms with Crippen LogP contribution in [-0.4, -0.2) is 17.0 Å². The zero-order valence-electron chi connectivity index (χ0n) is 21.8. The summed E-state index contributed by atoms with van der Waals surface area (Å²) in [7, 11) is 0. The lowest BCUT2D eigenvalue weighted by atomic mass is 9.44. The first-order valence-electron chi connectivity index (χ1n) is 13.9. The van der Waals surface area contributed by atoms with Crippen LogP contribution < -0.4 is 0 Å². The van der Waals surface area contributed by atoms with Crippen LogP contribution in [-0.2, 0) is 4.79 Å². The molecule has 4 rings (SSSR count). The second-order valence-corrected chi connectivity index (χ2v) is 13.4. The molecule has 1 N–H and O–H groups in total. The molecule has 0 saturated heterocycles. The highest BCUT2D eigenvalue weighted by Gasteiger charge is 2.60. The lowest BCUT2D eigenvalue weighted by Gasteiger charge is -2.60. The van der Waals surface area contributed by atoms with E-state index < -0.39 is 0 Å². The van der Waals surface area contributed by atoms with Crippen molar-refractivity contribution in [3.8, 4) is 0 Å². The predicted molar refractivity (Wildman–Crippen MR) is 133 cm³/mol. The van der Waals surface area contributed by atoms with Gasteiger partial charge in [0.15, 0.2) is 0 Å². The summed E-state index contributed by atoms with van der Waals surface area (Å²) in [5, 5.41) is 10.6. The van der Waals surface area contributed by atoms with Gasteiger partial charge < -0.3 is 9.90 Å². The van der Waals surface area contributed by atoms with E-state index in [4.69, 9.17) is 0 Å². The minimum absolute atomic E-state index is 0.121. The molecule has 2 heteroatoms. The Morgan fingerprint density at radius 2 is 1.88 bits per heavy atom. The molecule has 182 valence electrons. The number of Topliss-reactive ketones (excluding diaryl/α,β-unsaturated/α-hetero) is 1. The molecular weight excluding hydrogens is 392 g/mol. The van der Waals surface area contributed by atoms with Crippen molar-refractivity contribution < 1.29 is 9.90 Å². The van der Waals surface area contributed by atoms with E-state index in [0.29, 0.717) is 29.5 Å². The van der Waals surface area contributed by atoms with Crippen molar-refractivity contribution in [3.05, 3.63) is 11.6 Å². The SMILES string of the molecule is CC(=O)CC1C[C@H](O)CC2=CC[C@H]3[C@@H]4CC[C@H]([C@H](C)CCCC(C)C)[C@@]4(C)CC[C@@H]3[C@]21C. The van der Waals surface area contributed by atoms with Gasteiger partial charge in [0.25, 0.3) is 0 Å². The smallest absolute Gasteiger partial charge is 0.130 e. The van der Waals surface area contributed by atoms with Crippen LogP contribution in [0, 0.1) is 52.3 Å². The molecule has 1 unspecified atom stereocenters. The van der Waals surface area contributed by atoms with Gasteiger partial charge in [0.05, 0.1) is 6.10 Å². The number of carbonyl (C=O) groups is 1. The molecular formula is C30H50O2. The van der Waals surface area contributed by atoms with Crippen LogP contribution >= 0.6 is 0 Å². The molecule has 9 atom stereocenters. The number of allylic oxidation sites excluding steroid dienone is 1. The molecule has 0 aromatic rings. The number of ketones is 1. The third kappa shape index (κ3) is 4.16. The number of aliphatic hydroxyl groups excluding tert-OH is 1. The van der Waals surface area contributed by atoms with Gasteiger partial charge in [0.2, 0.25) is 0 Å². The molecule has 32 heavy (non-hydrogen) atoms. The molecule has 3 saturated carbocycles. The highest BCUT2D eigenvalue weighted by atomic mass is 16.3. The van der Waals surface area contributed by atoms with Crippen molar-refractivity contribution in [1.29, 1.82) is 0 Å². The Morgan fingerprint density at radius 3 is 2.56 bits per heavy atom. The van der Waals surface area contributed by atoms with Crippen molar-refractivity contribution in [2.75, 3.05) is 0 Å². The summed E-state index contributed by atoms with van der Waals surface area (Å²) in [6, 6.07) is 0. The van der Waals surface area contributed by atoms with Gasteiger partial charge in [-0.15, -0.1) is 0 Å². The Hall–Kier alpha value is -0.630. The summed E-state index contributed by atoms with van der Waals surface area (Å²) in [5.74, 6) is 5.50. The minimum atomic E-state index is -0.258. The van der Waals surface area contributed by atoms with Gasteiger partial charge in [-0.25, -0.2) is 0 Å². The Kier molecular flexibility index (Phi) is 7.04. The minimum Gasteiger partial charge on any atom is -0.393 e. The molecule has 0 spiro atoms. The fraction of sp³-hybridized carbons (Fsp3) is 0.900. The van der Waals surface area contributed by atoms with Crippen LogP contribution in [0.25, 0.3) is 0 Å². The van der Waals surface area contributed by atoms with Crippen molar-refractivity contribution in [2.24, 2.45) is 52.3 Å². The predicted octanol–water partition coefficient (Wildman–Crippen LogP) is 7.59. The van der Waals surface area contributed by atoms with Gasteiger partial charge in [-0.1, -0.05) is 65.5 Å². The number of hydrogen-bond donors (Lipinski definition) is 1. The Morgan fingerprint density at radius 1 is 1.12 bits per heavy atom. The first kappa shape index (κ1) is 24.5. The van der Waals surface area contributed by atoms with Crippen molar-refractivity contribution in [3.63, 3.8) is 0 Å². The third-order valence-corrected chi connectivity index (χ3v) is 11.1. The Balaban J connectivity index is 1.55. The van der Waals surface area contributed by atoms with Gasteiger partial charge >= 0.3 is 0 Å². The first-order chi connectivity index (χ1) is 15.1. The monoisotopic (exact) mass is 442 g/mol. The molecule has 0 aromatic carbocycles. The van der Waals surface area contributed by atoms with Crippen molar-refractivity contribution in [1.82, 2.24) is 0 Å². The van der Waals surface area contributed by atoms with Crippen LogP contribution in [0.2, 0.25) is 0 Å². The molecule has 3 fully saturated rings. The van der Waals surface area contributed by atoms with E-state index in [0.717, 1.165) is 42.4 Å². The van der Waals surface area contributed by atoms with Crippen molar-refractivity contribution >= 4 is 5.78 Å². The molecule has 0 aliphatic heterocycles. The molecule has 0 amide bonds. The van der Waals surface area contributed by atoms with E-state index in [-0.39, 0.29) is 11.5 Å². The van der Waals surface area contributed by atoms with Crippen LogP contribution in [0.1, 0.15) is 112 Å². The number of fused-ring (bicyclic) bond motifs is 5. The molecule has 0 bridgehead atoms. The average Bonchev–Trinajstić information content (AvgIpc) is 3.05. The fourth-order valence-corrected chi connectivity index (χ4v) is 9.54. The van der Waals surface area contributed by atoms with Crippen LogP contribution in [0.15, 0.2) is 11.6 Å². The summed E-state index contributed by atoms with van der Waals surface area (Å²) < 4.78 is 0. The molecule has 4 aliphatic carbocycles. The molecule has 0 radical (unpaired) electrons. The lowest BCUT2D eigenvalue weighted by molar-refractivity contribution is -0.122. The van der Waals surface area contributed by atoms with Crippen LogP contribution in [0.4, 0.5) is 0 Å². The number of aliphatic hydroxyl groups is 1. The molecule has 2 nitrogen and oxygen atoms in total. The zero-order chi connectivity index (χ0) is 23.3. The summed E-state index contributed by atoms with van der Waals surface area (Å²) >= 11 is 0. The lowest BCUT2D eigenvalue weighted by Crippen LogP contribution is -2.54. The topological polar surface area (TPSA) is 37.3 Å². The van der Waals surface area contributed by atoms with E-state index in [1.807, 2.05) is 0 Å². The maximum Gasteiger partial charge on any atom is 0.130 e. The molecule has 0 aromatic heterocycles. The van der Waals surface area contributed by atoms with Crippen LogP contribution in [0.5, 0.6) is 0 Å². The summed E-state index contributed by atoms with van der Waals surface area (Å²) in [6.45, 7) is 14.1. The largest absolute Gasteiger partial charge is 0.393 e. The fourth-order valence-electron chi connectivity index (χ4n) is 9.54. The van der Waals surface area contributed by atoms with E-state index in [1.165, 1.54) is 56.9 Å². The highest BCUT2D eigenvalue weighted by Crippen LogP contribution is 2.68. The summed E-state index contributed by atoms with van der Waals surface area (Å²) in [4.78, 5) is 12.2. The average molecular weight is 443 g/mol. The van der Waals surface area contributed by atoms with E-state index >= 15 is 0 Å². The quantitative estimate of drug-likeness (QED) is 0.412. The van der Waals surface area contributed by atoms with Crippen molar-refractivity contribution in [2.45, 2.75) is 118 Å². The van der Waals surface area contributed by atoms with Gasteiger partial charge in [-0.2, -0.15) is 0 Å². The Bertz CT molecular complexity index is 722. The normalized spacial score (nSPS) is 44.4. The number of hydrogen-bond acceptors (Lipinski definition) is 2. The number of rotatable bonds is 7. The summed E-state index contributed by atoms with van der Waals surface area (Å²) in [5.41, 5.74) is 2.12. The summed E-state index contributed by atoms with van der Waals surface area (Å²) in [6.07, 6.45) is 15.5. The molecule has 0 heterocycles. The standard InChI is InChI=1S/C30H50O2/c1-19(2)8-7-9-20(3)26-12-13-27-25-11-10-22-17-24(32)18-23(16-21(4)31)30(22,6)28(25)14-15-29(26,27)5/h10,19-20,23-28,32H,7-9,11-18H2,1-6H3/t20-,23?,24-,25+,26-,27+,28+,29-,30-/m1/s1. The maximum atomic E-state index is 12.2. The second-order valence-electron chi connectivity index (χ2n) is 13.4. The molecule has 4 aliphatic rings. The van der Waals surface area contributed by atoms with E-state index in [2.05, 4.69) is 40.7 Å². The highest BCUT2D eigenvalue weighted by molar-refractivity contribution is 5.76. The second kappa shape index (κ2) is 9.20. The van der Waals surface area contributed by atoms with Gasteiger partial charge in [0.1, 0.15) is 5.78 Å².